The van der Waals surface area contributed by atoms with Crippen molar-refractivity contribution in [1.29, 1.82) is 0 Å². The zero-order chi connectivity index (χ0) is 34.0. The number of benzene rings is 1. The number of aliphatic hydroxyl groups is 1. The Labute approximate surface area is 279 Å². The molecular formula is C33H57IN2O7Si. The van der Waals surface area contributed by atoms with Gasteiger partial charge in [0, 0.05) is 12.3 Å². The van der Waals surface area contributed by atoms with E-state index in [-0.39, 0.29) is 40.6 Å². The van der Waals surface area contributed by atoms with Gasteiger partial charge in [0.1, 0.15) is 24.4 Å². The number of esters is 1. The third-order valence-corrected chi connectivity index (χ3v) is 14.0. The first-order valence-electron chi connectivity index (χ1n) is 15.7. The standard InChI is InChI=1S/C33H57IN2O7Si/c1-20(2)29(18-27(37)22(4)14-21(3)15-23(5)31(40)36-19-30(38)39)42-32(41)26(35-9)17-24-12-13-28(25(34)16-24)43-44(10,11)33(6,7)8/h12-13,16,20-23,26-27,29,35,37H,14-15,17-19H2,1-11H3,(H,36,40)(H,38,39)/t21-,22+,23-,26+,27-,29-/m0/s1. The normalized spacial score (nSPS) is 16.4. The Kier molecular flexibility index (Phi) is 16.4. The van der Waals surface area contributed by atoms with E-state index in [4.69, 9.17) is 14.3 Å². The summed E-state index contributed by atoms with van der Waals surface area (Å²) in [7, 11) is -0.228. The van der Waals surface area contributed by atoms with Crippen LogP contribution < -0.4 is 15.1 Å². The van der Waals surface area contributed by atoms with Crippen molar-refractivity contribution in [2.24, 2.45) is 23.7 Å². The van der Waals surface area contributed by atoms with Crippen molar-refractivity contribution in [3.05, 3.63) is 27.3 Å². The predicted molar refractivity (Wildman–Crippen MR) is 186 cm³/mol. The Balaban J connectivity index is 2.79. The lowest BCUT2D eigenvalue weighted by atomic mass is 9.84. The first kappa shape index (κ1) is 40.3. The fraction of sp³-hybridized carbons (Fsp3) is 0.727. The van der Waals surface area contributed by atoms with Gasteiger partial charge in [-0.05, 0) is 102 Å². The summed E-state index contributed by atoms with van der Waals surface area (Å²) >= 11 is 2.29. The van der Waals surface area contributed by atoms with Gasteiger partial charge < -0.3 is 30.0 Å². The largest absolute Gasteiger partial charge is 0.543 e. The average Bonchev–Trinajstić information content (AvgIpc) is 2.90. The molecule has 0 aliphatic heterocycles. The zero-order valence-electron chi connectivity index (χ0n) is 28.6. The number of carbonyl (C=O) groups is 3. The van der Waals surface area contributed by atoms with Crippen molar-refractivity contribution in [3.63, 3.8) is 0 Å². The molecule has 0 aromatic heterocycles. The number of rotatable bonds is 18. The quantitative estimate of drug-likeness (QED) is 0.0815. The minimum atomic E-state index is -1.98. The van der Waals surface area contributed by atoms with Crippen LogP contribution in [-0.4, -0.2) is 68.2 Å². The summed E-state index contributed by atoms with van der Waals surface area (Å²) in [5, 5.41) is 25.4. The average molecular weight is 749 g/mol. The van der Waals surface area contributed by atoms with Gasteiger partial charge in [-0.1, -0.05) is 61.5 Å². The number of likely N-dealkylation sites (N-methyl/N-ethyl adjacent to an activating group) is 1. The molecule has 0 saturated carbocycles. The molecule has 0 radical (unpaired) electrons. The van der Waals surface area contributed by atoms with Gasteiger partial charge in [0.2, 0.25) is 5.91 Å². The first-order chi connectivity index (χ1) is 20.2. The molecule has 0 fully saturated rings. The van der Waals surface area contributed by atoms with E-state index in [1.807, 2.05) is 39.8 Å². The van der Waals surface area contributed by atoms with Crippen LogP contribution in [0.5, 0.6) is 5.75 Å². The van der Waals surface area contributed by atoms with Gasteiger partial charge in [-0.25, -0.2) is 0 Å². The molecule has 0 bridgehead atoms. The summed E-state index contributed by atoms with van der Waals surface area (Å²) in [4.78, 5) is 36.2. The molecular weight excluding hydrogens is 691 g/mol. The van der Waals surface area contributed by atoms with E-state index in [1.54, 1.807) is 14.0 Å². The van der Waals surface area contributed by atoms with Crippen molar-refractivity contribution in [2.45, 2.75) is 117 Å². The first-order valence-corrected chi connectivity index (χ1v) is 19.7. The smallest absolute Gasteiger partial charge is 0.323 e. The number of amides is 1. The molecule has 6 atom stereocenters. The molecule has 0 aliphatic carbocycles. The number of hydrogen-bond acceptors (Lipinski definition) is 7. The maximum atomic E-state index is 13.3. The number of hydrogen-bond donors (Lipinski definition) is 4. The molecule has 0 spiro atoms. The van der Waals surface area contributed by atoms with E-state index in [9.17, 15) is 19.5 Å². The van der Waals surface area contributed by atoms with Gasteiger partial charge in [-0.15, -0.1) is 0 Å². The molecule has 252 valence electrons. The third-order valence-electron chi connectivity index (χ3n) is 8.77. The molecule has 0 saturated heterocycles. The van der Waals surface area contributed by atoms with E-state index in [2.05, 4.69) is 73.2 Å². The van der Waals surface area contributed by atoms with E-state index in [0.29, 0.717) is 25.7 Å². The minimum Gasteiger partial charge on any atom is -0.543 e. The lowest BCUT2D eigenvalue weighted by Crippen LogP contribution is -2.44. The van der Waals surface area contributed by atoms with E-state index < -0.39 is 39.1 Å². The fourth-order valence-corrected chi connectivity index (χ4v) is 6.75. The molecule has 1 rings (SSSR count). The summed E-state index contributed by atoms with van der Waals surface area (Å²) in [5.74, 6) is -1.10. The highest BCUT2D eigenvalue weighted by atomic mass is 127. The summed E-state index contributed by atoms with van der Waals surface area (Å²) < 4.78 is 13.5. The molecule has 44 heavy (non-hydrogen) atoms. The molecule has 4 N–H and O–H groups in total. The van der Waals surface area contributed by atoms with Crippen LogP contribution in [0.3, 0.4) is 0 Å². The number of aliphatic carboxylic acids is 1. The van der Waals surface area contributed by atoms with Crippen LogP contribution in [0.15, 0.2) is 18.2 Å². The van der Waals surface area contributed by atoms with Crippen molar-refractivity contribution in [1.82, 2.24) is 10.6 Å². The number of nitrogens with one attached hydrogen (secondary N) is 2. The zero-order valence-corrected chi connectivity index (χ0v) is 31.8. The van der Waals surface area contributed by atoms with Crippen LogP contribution in [0.1, 0.15) is 80.2 Å². The molecule has 1 aromatic rings. The third kappa shape index (κ3) is 13.3. The van der Waals surface area contributed by atoms with E-state index in [0.717, 1.165) is 14.9 Å². The second-order valence-corrected chi connectivity index (χ2v) is 20.1. The second-order valence-electron chi connectivity index (χ2n) is 14.3. The summed E-state index contributed by atoms with van der Waals surface area (Å²) in [5.41, 5.74) is 1.00. The lowest BCUT2D eigenvalue weighted by molar-refractivity contribution is -0.156. The maximum Gasteiger partial charge on any atom is 0.323 e. The minimum absolute atomic E-state index is 0.0152. The van der Waals surface area contributed by atoms with E-state index >= 15 is 0 Å². The van der Waals surface area contributed by atoms with Crippen molar-refractivity contribution >= 4 is 48.8 Å². The highest BCUT2D eigenvalue weighted by Gasteiger charge is 2.39. The van der Waals surface area contributed by atoms with Crippen molar-refractivity contribution < 1.29 is 33.8 Å². The van der Waals surface area contributed by atoms with Gasteiger partial charge in [0.15, 0.2) is 0 Å². The predicted octanol–water partition coefficient (Wildman–Crippen LogP) is 6.01. The van der Waals surface area contributed by atoms with Crippen LogP contribution in [-0.2, 0) is 25.5 Å². The molecule has 0 heterocycles. The van der Waals surface area contributed by atoms with E-state index in [1.165, 1.54) is 0 Å². The Morgan fingerprint density at radius 3 is 2.14 bits per heavy atom. The molecule has 0 unspecified atom stereocenters. The van der Waals surface area contributed by atoms with Crippen LogP contribution in [0.2, 0.25) is 18.1 Å². The van der Waals surface area contributed by atoms with Crippen LogP contribution in [0, 0.1) is 27.2 Å². The van der Waals surface area contributed by atoms with Crippen LogP contribution in [0.4, 0.5) is 0 Å². The molecule has 11 heteroatoms. The lowest BCUT2D eigenvalue weighted by Gasteiger charge is -2.36. The highest BCUT2D eigenvalue weighted by molar-refractivity contribution is 14.1. The number of aliphatic hydroxyl groups excluding tert-OH is 1. The van der Waals surface area contributed by atoms with Gasteiger partial charge in [0.25, 0.3) is 8.32 Å². The second kappa shape index (κ2) is 17.8. The number of ether oxygens (including phenoxy) is 1. The Morgan fingerprint density at radius 2 is 1.64 bits per heavy atom. The number of carboxylic acids is 1. The van der Waals surface area contributed by atoms with Crippen molar-refractivity contribution in [3.8, 4) is 5.75 Å². The van der Waals surface area contributed by atoms with Gasteiger partial charge in [0.05, 0.1) is 9.67 Å². The Hall–Kier alpha value is -1.70. The van der Waals surface area contributed by atoms with Gasteiger partial charge >= 0.3 is 11.9 Å². The molecule has 0 aliphatic rings. The highest BCUT2D eigenvalue weighted by Crippen LogP contribution is 2.38. The topological polar surface area (TPSA) is 134 Å². The van der Waals surface area contributed by atoms with Crippen molar-refractivity contribution in [2.75, 3.05) is 13.6 Å². The van der Waals surface area contributed by atoms with Gasteiger partial charge in [-0.3, -0.25) is 14.4 Å². The number of halogens is 1. The molecule has 1 aromatic carbocycles. The summed E-state index contributed by atoms with van der Waals surface area (Å²) in [6, 6.07) is 5.52. The Morgan fingerprint density at radius 1 is 1.02 bits per heavy atom. The monoisotopic (exact) mass is 748 g/mol. The number of carboxylic acid groups (broad SMARTS) is 1. The summed E-state index contributed by atoms with van der Waals surface area (Å²) in [6.07, 6.45) is 0.912. The fourth-order valence-electron chi connectivity index (χ4n) is 4.81. The Bertz CT molecular complexity index is 1090. The maximum absolute atomic E-state index is 13.3. The molecule has 1 amide bonds. The van der Waals surface area contributed by atoms with Crippen LogP contribution in [0.25, 0.3) is 0 Å². The molecule has 9 nitrogen and oxygen atoms in total. The van der Waals surface area contributed by atoms with Crippen LogP contribution >= 0.6 is 22.6 Å². The summed E-state index contributed by atoms with van der Waals surface area (Å²) in [6.45, 7) is 20.4. The number of carbonyl (C=O) groups excluding carboxylic acids is 2. The van der Waals surface area contributed by atoms with Gasteiger partial charge in [-0.2, -0.15) is 0 Å². The SMILES string of the molecule is CN[C@H](Cc1ccc(O[Si](C)(C)C(C)(C)C)c(I)c1)C(=O)O[C@@H](C[C@H](O)[C@H](C)C[C@H](C)C[C@H](C)C(=O)NCC(=O)O)C(C)C.